The topological polar surface area (TPSA) is 233 Å². The van der Waals surface area contributed by atoms with Crippen molar-refractivity contribution in [3.8, 4) is 0 Å². The average molecular weight is 426 g/mol. The molecule has 17 heteroatoms. The van der Waals surface area contributed by atoms with Crippen LogP contribution in [0.25, 0.3) is 11.2 Å². The number of phosphoric acid groups is 2. The van der Waals surface area contributed by atoms with Crippen molar-refractivity contribution < 1.29 is 47.6 Å². The number of ether oxygens (including phenoxy) is 1. The minimum absolute atomic E-state index is 0.0778. The first kappa shape index (κ1) is 20.1. The van der Waals surface area contributed by atoms with Crippen LogP contribution >= 0.6 is 15.6 Å². The van der Waals surface area contributed by atoms with E-state index in [4.69, 9.17) is 20.3 Å². The largest absolute Gasteiger partial charge is 0.521 e. The lowest BCUT2D eigenvalue weighted by Gasteiger charge is -2.15. The van der Waals surface area contributed by atoms with Crippen molar-refractivity contribution >= 4 is 32.6 Å². The fraction of sp³-hybridized carbons (Fsp3) is 0.400. The third-order valence-electron chi connectivity index (χ3n) is 3.47. The van der Waals surface area contributed by atoms with Gasteiger partial charge in [0.2, 0.25) is 0 Å². The number of imidazole rings is 1. The molecule has 15 nitrogen and oxygen atoms in total. The van der Waals surface area contributed by atoms with E-state index in [9.17, 15) is 24.2 Å². The molecule has 2 aromatic heterocycles. The van der Waals surface area contributed by atoms with Crippen molar-refractivity contribution in [2.24, 2.45) is 0 Å². The Morgan fingerprint density at radius 2 is 1.89 bits per heavy atom. The summed E-state index contributed by atoms with van der Waals surface area (Å²) >= 11 is 0. The zero-order chi connectivity index (χ0) is 20.0. The molecule has 3 rings (SSSR count). The van der Waals surface area contributed by atoms with Gasteiger partial charge in [0.25, 0.3) is 12.7 Å². The molecule has 3 heterocycles. The number of nitrogens with two attached hydrogens (primary N) is 1. The number of phosphoric ester groups is 1. The second-order valence-corrected chi connectivity index (χ2v) is 8.12. The molecule has 1 aliphatic heterocycles. The fourth-order valence-corrected chi connectivity index (χ4v) is 3.88. The summed E-state index contributed by atoms with van der Waals surface area (Å²) in [6.45, 7) is 0.479. The van der Waals surface area contributed by atoms with E-state index < -0.39 is 40.2 Å². The van der Waals surface area contributed by atoms with Crippen LogP contribution in [0.1, 0.15) is 6.23 Å². The van der Waals surface area contributed by atoms with E-state index >= 15 is 0 Å². The molecule has 2 aromatic rings. The van der Waals surface area contributed by atoms with E-state index in [-0.39, 0.29) is 17.0 Å². The van der Waals surface area contributed by atoms with Crippen molar-refractivity contribution in [3.05, 3.63) is 19.3 Å². The molecule has 148 valence electrons. The van der Waals surface area contributed by atoms with Gasteiger partial charge < -0.3 is 30.5 Å². The SMILES string of the molecule is Nc1ncnc2c1ncn2[C@@H]1O[C@H]([CH+]OP(=O)(O)OP(=O)(O)O)[C@@H](O)[C@H]1O. The second-order valence-electron chi connectivity index (χ2n) is 5.34. The Balaban J connectivity index is 1.75. The number of hydrogen-bond acceptors (Lipinski definition) is 11. The van der Waals surface area contributed by atoms with Crippen LogP contribution in [0.4, 0.5) is 5.82 Å². The molecule has 1 fully saturated rings. The molecule has 5 atom stereocenters. The first-order valence-corrected chi connectivity index (χ1v) is 10.1. The van der Waals surface area contributed by atoms with Crippen molar-refractivity contribution in [3.63, 3.8) is 0 Å². The molecule has 27 heavy (non-hydrogen) atoms. The molecule has 0 bridgehead atoms. The lowest BCUT2D eigenvalue weighted by molar-refractivity contribution is -0.0359. The smallest absolute Gasteiger partial charge is 0.385 e. The highest BCUT2D eigenvalue weighted by molar-refractivity contribution is 7.60. The van der Waals surface area contributed by atoms with E-state index in [1.54, 1.807) is 0 Å². The molecule has 0 amide bonds. The summed E-state index contributed by atoms with van der Waals surface area (Å²) in [7, 11) is -10.5. The predicted octanol–water partition coefficient (Wildman–Crippen LogP) is -1.58. The van der Waals surface area contributed by atoms with Gasteiger partial charge in [0.15, 0.2) is 23.8 Å². The van der Waals surface area contributed by atoms with Gasteiger partial charge >= 0.3 is 15.6 Å². The van der Waals surface area contributed by atoms with Crippen molar-refractivity contribution in [2.75, 3.05) is 5.73 Å². The van der Waals surface area contributed by atoms with E-state index in [1.165, 1.54) is 10.9 Å². The van der Waals surface area contributed by atoms with Gasteiger partial charge in [-0.3, -0.25) is 9.46 Å². The standard InChI is InChI=1S/C10H13N5O10P2/c11-8-5-9(13-2-12-8)15(3-14-5)10-7(17)6(16)4(24-10)1-23-27(21,22)25-26(18,19)20/h1-4,6-7,10,16-17H,(H4-,11,12,13,18,19,20,21,22)/p+1/t4-,6-,7-,10-/m1/s1. The highest BCUT2D eigenvalue weighted by Gasteiger charge is 2.51. The first-order chi connectivity index (χ1) is 12.5. The quantitative estimate of drug-likeness (QED) is 0.226. The summed E-state index contributed by atoms with van der Waals surface area (Å²) in [5.74, 6) is 0.0778. The summed E-state index contributed by atoms with van der Waals surface area (Å²) in [5.41, 5.74) is 6.08. The average Bonchev–Trinajstić information content (AvgIpc) is 3.07. The normalized spacial score (nSPS) is 28.3. The number of nitrogen functional groups attached to an aromatic ring is 1. The minimum Gasteiger partial charge on any atom is -0.385 e. The Kier molecular flexibility index (Phi) is 5.26. The van der Waals surface area contributed by atoms with E-state index in [0.717, 1.165) is 6.33 Å². The minimum atomic E-state index is -5.31. The van der Waals surface area contributed by atoms with Gasteiger partial charge in [-0.25, -0.2) is 24.1 Å². The number of nitrogens with zero attached hydrogens (tertiary/aromatic N) is 4. The van der Waals surface area contributed by atoms with E-state index in [0.29, 0.717) is 6.61 Å². The van der Waals surface area contributed by atoms with Crippen LogP contribution in [0.15, 0.2) is 12.7 Å². The lowest BCUT2D eigenvalue weighted by Crippen LogP contribution is -2.32. The van der Waals surface area contributed by atoms with Crippen molar-refractivity contribution in [1.29, 1.82) is 0 Å². The van der Waals surface area contributed by atoms with E-state index in [2.05, 4.69) is 23.8 Å². The van der Waals surface area contributed by atoms with Gasteiger partial charge in [0.1, 0.15) is 17.9 Å². The molecular weight excluding hydrogens is 412 g/mol. The maximum Gasteiger partial charge on any atom is 0.521 e. The Morgan fingerprint density at radius 1 is 1.19 bits per heavy atom. The third-order valence-corrected chi connectivity index (χ3v) is 5.54. The first-order valence-electron chi connectivity index (χ1n) is 7.04. The van der Waals surface area contributed by atoms with E-state index in [1.807, 2.05) is 0 Å². The predicted molar refractivity (Wildman–Crippen MR) is 84.0 cm³/mol. The van der Waals surface area contributed by atoms with Crippen molar-refractivity contribution in [1.82, 2.24) is 19.5 Å². The Hall–Kier alpha value is -1.64. The number of aromatic nitrogens is 4. The van der Waals surface area contributed by atoms with Gasteiger partial charge in [0.05, 0.1) is 6.33 Å². The summed E-state index contributed by atoms with van der Waals surface area (Å²) in [6, 6.07) is 0. The number of aliphatic hydroxyl groups excluding tert-OH is 2. The molecule has 0 spiro atoms. The molecule has 7 N–H and O–H groups in total. The van der Waals surface area contributed by atoms with Gasteiger partial charge in [-0.1, -0.05) is 4.52 Å². The molecule has 0 saturated carbocycles. The summed E-state index contributed by atoms with van der Waals surface area (Å²) < 4.78 is 36.5. The zero-order valence-electron chi connectivity index (χ0n) is 13.1. The number of fused-ring (bicyclic) bond motifs is 1. The van der Waals surface area contributed by atoms with Crippen LogP contribution in [0.2, 0.25) is 0 Å². The molecule has 0 aliphatic carbocycles. The second kappa shape index (κ2) is 7.07. The summed E-state index contributed by atoms with van der Waals surface area (Å²) in [5, 5.41) is 20.2. The molecular formula is C10H14N5O10P2+. The third kappa shape index (κ3) is 4.28. The monoisotopic (exact) mass is 426 g/mol. The van der Waals surface area contributed by atoms with Crippen LogP contribution in [0, 0.1) is 6.61 Å². The van der Waals surface area contributed by atoms with Gasteiger partial charge in [-0.05, 0) is 0 Å². The number of hydrogen-bond donors (Lipinski definition) is 6. The molecule has 1 aliphatic rings. The molecule has 0 aromatic carbocycles. The highest BCUT2D eigenvalue weighted by atomic mass is 31.3. The van der Waals surface area contributed by atoms with Crippen LogP contribution < -0.4 is 5.73 Å². The highest BCUT2D eigenvalue weighted by Crippen LogP contribution is 2.58. The molecule has 1 saturated heterocycles. The summed E-state index contributed by atoms with van der Waals surface area (Å²) in [4.78, 5) is 38.0. The van der Waals surface area contributed by atoms with Crippen molar-refractivity contribution in [2.45, 2.75) is 24.5 Å². The molecule has 1 unspecified atom stereocenters. The summed E-state index contributed by atoms with van der Waals surface area (Å²) in [6.07, 6.45) is -3.46. The number of aliphatic hydroxyl groups is 2. The Bertz CT molecular complexity index is 932. The Labute approximate surface area is 150 Å². The fourth-order valence-electron chi connectivity index (χ4n) is 2.37. The van der Waals surface area contributed by atoms with Crippen LogP contribution in [-0.4, -0.2) is 62.7 Å². The van der Waals surface area contributed by atoms with Crippen LogP contribution in [-0.2, 0) is 22.7 Å². The maximum absolute atomic E-state index is 11.4. The Morgan fingerprint density at radius 3 is 2.56 bits per heavy atom. The molecule has 0 radical (unpaired) electrons. The number of anilines is 1. The van der Waals surface area contributed by atoms with Crippen LogP contribution in [0.5, 0.6) is 0 Å². The lowest BCUT2D eigenvalue weighted by atomic mass is 10.1. The van der Waals surface area contributed by atoms with Crippen LogP contribution in [0.3, 0.4) is 0 Å². The van der Waals surface area contributed by atoms with Gasteiger partial charge in [0, 0.05) is 0 Å². The zero-order valence-corrected chi connectivity index (χ0v) is 14.9. The van der Waals surface area contributed by atoms with Gasteiger partial charge in [-0.2, -0.15) is 4.31 Å². The van der Waals surface area contributed by atoms with Gasteiger partial charge in [-0.15, -0.1) is 0 Å². The maximum atomic E-state index is 11.4. The number of rotatable bonds is 6.